The summed E-state index contributed by atoms with van der Waals surface area (Å²) in [4.78, 5) is 2.20. The summed E-state index contributed by atoms with van der Waals surface area (Å²) in [5, 5.41) is 0. The molecule has 0 bridgehead atoms. The molecule has 0 aromatic rings. The smallest absolute Gasteiger partial charge is 1.00 e. The van der Waals surface area contributed by atoms with Crippen molar-refractivity contribution in [3.8, 4) is 0 Å². The summed E-state index contributed by atoms with van der Waals surface area (Å²) in [6.07, 6.45) is 9.78. The zero-order chi connectivity index (χ0) is 7.40. The number of nitrogens with zero attached hydrogens (tertiary/aromatic N) is 1. The molecule has 0 unspecified atom stereocenters. The fourth-order valence-corrected chi connectivity index (χ4v) is 0.966. The molecule has 0 aromatic heterocycles. The van der Waals surface area contributed by atoms with E-state index in [1.54, 1.807) is 0 Å². The van der Waals surface area contributed by atoms with E-state index < -0.39 is 0 Å². The molecule has 0 spiro atoms. The van der Waals surface area contributed by atoms with Crippen molar-refractivity contribution in [2.45, 2.75) is 12.8 Å². The fourth-order valence-electron chi connectivity index (χ4n) is 0.966. The topological polar surface area (TPSA) is 3.24 Å². The van der Waals surface area contributed by atoms with E-state index in [1.165, 1.54) is 5.57 Å². The maximum atomic E-state index is 3.29. The number of hydrogen-bond acceptors (Lipinski definition) is 1. The standard InChI is InChI=1S/C9H14N.2ClH.Ti/c1-10(2)8-7-9-5-3-4-6-9;;;/h3,5H,4,7-8H2,1-2H3;2*1H;/q-1;;;+3/p-2. The Morgan fingerprint density at radius 1 is 1.38 bits per heavy atom. The largest absolute Gasteiger partial charge is 3.00 e. The van der Waals surface area contributed by atoms with Crippen LogP contribution in [0, 0.1) is 6.08 Å². The molecular weight excluding hydrogens is 241 g/mol. The number of halogens is 2. The van der Waals surface area contributed by atoms with Crippen molar-refractivity contribution in [2.75, 3.05) is 20.6 Å². The first kappa shape index (κ1) is 19.3. The number of allylic oxidation sites excluding steroid dienone is 3. The molecule has 0 amide bonds. The van der Waals surface area contributed by atoms with E-state index in [2.05, 4.69) is 37.2 Å². The van der Waals surface area contributed by atoms with Crippen LogP contribution in [0.4, 0.5) is 0 Å². The van der Waals surface area contributed by atoms with Crippen LogP contribution in [-0.4, -0.2) is 25.5 Å². The third-order valence-corrected chi connectivity index (χ3v) is 1.59. The van der Waals surface area contributed by atoms with Gasteiger partial charge in [0.05, 0.1) is 0 Å². The van der Waals surface area contributed by atoms with Crippen molar-refractivity contribution in [2.24, 2.45) is 0 Å². The quantitative estimate of drug-likeness (QED) is 0.364. The minimum atomic E-state index is 0. The van der Waals surface area contributed by atoms with Gasteiger partial charge in [0.15, 0.2) is 0 Å². The molecule has 1 aliphatic carbocycles. The molecule has 4 heteroatoms. The van der Waals surface area contributed by atoms with Crippen LogP contribution in [0.5, 0.6) is 0 Å². The van der Waals surface area contributed by atoms with Crippen LogP contribution < -0.4 is 24.8 Å². The minimum absolute atomic E-state index is 0. The molecule has 0 aliphatic heterocycles. The number of hydrogen-bond donors (Lipinski definition) is 0. The molecule has 0 saturated carbocycles. The van der Waals surface area contributed by atoms with Gasteiger partial charge in [-0.05, 0) is 27.1 Å². The Morgan fingerprint density at radius 2 is 2.00 bits per heavy atom. The molecule has 0 heterocycles. The first-order chi connectivity index (χ1) is 4.79. The second-order valence-corrected chi connectivity index (χ2v) is 2.86. The van der Waals surface area contributed by atoms with Gasteiger partial charge in [-0.1, -0.05) is 0 Å². The van der Waals surface area contributed by atoms with Crippen molar-refractivity contribution in [3.05, 3.63) is 23.8 Å². The van der Waals surface area contributed by atoms with E-state index in [0.29, 0.717) is 0 Å². The molecular formula is C9H14Cl2NTi. The van der Waals surface area contributed by atoms with Crippen LogP contribution in [-0.2, 0) is 21.7 Å². The van der Waals surface area contributed by atoms with Gasteiger partial charge in [0.2, 0.25) is 0 Å². The molecule has 1 nitrogen and oxygen atoms in total. The van der Waals surface area contributed by atoms with Gasteiger partial charge in [-0.2, -0.15) is 6.08 Å². The molecule has 0 atom stereocenters. The van der Waals surface area contributed by atoms with Crippen LogP contribution in [0.25, 0.3) is 0 Å². The molecule has 13 heavy (non-hydrogen) atoms. The van der Waals surface area contributed by atoms with Gasteiger partial charge < -0.3 is 29.7 Å². The molecule has 0 saturated heterocycles. The summed E-state index contributed by atoms with van der Waals surface area (Å²) in [5.41, 5.74) is 1.37. The van der Waals surface area contributed by atoms with Crippen molar-refractivity contribution in [3.63, 3.8) is 0 Å². The average Bonchev–Trinajstić information content (AvgIpc) is 2.34. The monoisotopic (exact) mass is 254 g/mol. The Balaban J connectivity index is -0.000000333. The van der Waals surface area contributed by atoms with Gasteiger partial charge in [0.1, 0.15) is 0 Å². The van der Waals surface area contributed by atoms with E-state index >= 15 is 0 Å². The summed E-state index contributed by atoms with van der Waals surface area (Å²) >= 11 is 0. The van der Waals surface area contributed by atoms with Crippen molar-refractivity contribution in [1.82, 2.24) is 4.90 Å². The van der Waals surface area contributed by atoms with Crippen molar-refractivity contribution < 1.29 is 46.5 Å². The van der Waals surface area contributed by atoms with Gasteiger partial charge in [-0.3, -0.25) is 6.08 Å². The van der Waals surface area contributed by atoms with Crippen molar-refractivity contribution >= 4 is 0 Å². The summed E-state index contributed by atoms with van der Waals surface area (Å²) in [6, 6.07) is 0. The normalized spacial score (nSPS) is 12.7. The average molecular weight is 255 g/mol. The Morgan fingerprint density at radius 3 is 2.38 bits per heavy atom. The Bertz CT molecular complexity index is 167. The number of rotatable bonds is 3. The maximum Gasteiger partial charge on any atom is 3.00 e. The van der Waals surface area contributed by atoms with Gasteiger partial charge in [0, 0.05) is 0 Å². The summed E-state index contributed by atoms with van der Waals surface area (Å²) in [6.45, 7) is 1.13. The summed E-state index contributed by atoms with van der Waals surface area (Å²) in [5.74, 6) is 0. The molecule has 73 valence electrons. The molecule has 1 radical (unpaired) electrons. The van der Waals surface area contributed by atoms with Gasteiger partial charge in [-0.15, -0.1) is 6.42 Å². The zero-order valence-corrected chi connectivity index (χ0v) is 11.1. The van der Waals surface area contributed by atoms with E-state index in [0.717, 1.165) is 19.4 Å². The Labute approximate surface area is 108 Å². The van der Waals surface area contributed by atoms with E-state index in [9.17, 15) is 0 Å². The predicted octanol–water partition coefficient (Wildman–Crippen LogP) is -4.37. The SMILES string of the molecule is CN(C)CCC1=[C-]CC=C1.[Cl-].[Cl-].[Ti+3]. The predicted molar refractivity (Wildman–Crippen MR) is 43.7 cm³/mol. The summed E-state index contributed by atoms with van der Waals surface area (Å²) < 4.78 is 0. The van der Waals surface area contributed by atoms with Crippen LogP contribution >= 0.6 is 0 Å². The zero-order valence-electron chi connectivity index (χ0n) is 7.98. The first-order valence-corrected chi connectivity index (χ1v) is 3.70. The third kappa shape index (κ3) is 9.05. The van der Waals surface area contributed by atoms with E-state index in [1.807, 2.05) is 0 Å². The molecule has 1 aliphatic rings. The van der Waals surface area contributed by atoms with Crippen LogP contribution in [0.3, 0.4) is 0 Å². The maximum absolute atomic E-state index is 3.29. The van der Waals surface area contributed by atoms with Gasteiger partial charge in [-0.25, -0.2) is 11.6 Å². The Hall–Kier alpha value is 0.734. The minimum Gasteiger partial charge on any atom is -1.00 e. The van der Waals surface area contributed by atoms with Crippen molar-refractivity contribution in [1.29, 1.82) is 0 Å². The third-order valence-electron chi connectivity index (χ3n) is 1.59. The molecule has 0 aromatic carbocycles. The van der Waals surface area contributed by atoms with Gasteiger partial charge >= 0.3 is 21.7 Å². The van der Waals surface area contributed by atoms with Crippen LogP contribution in [0.15, 0.2) is 17.7 Å². The Kier molecular flexibility index (Phi) is 16.1. The second-order valence-electron chi connectivity index (χ2n) is 2.86. The first-order valence-electron chi connectivity index (χ1n) is 3.70. The van der Waals surface area contributed by atoms with Crippen LogP contribution in [0.1, 0.15) is 12.8 Å². The molecule has 0 fully saturated rings. The second kappa shape index (κ2) is 10.8. The van der Waals surface area contributed by atoms with E-state index in [-0.39, 0.29) is 46.5 Å². The molecule has 1 rings (SSSR count). The van der Waals surface area contributed by atoms with E-state index in [4.69, 9.17) is 0 Å². The molecule has 0 N–H and O–H groups in total. The summed E-state index contributed by atoms with van der Waals surface area (Å²) in [7, 11) is 4.19. The van der Waals surface area contributed by atoms with Crippen LogP contribution in [0.2, 0.25) is 0 Å². The van der Waals surface area contributed by atoms with Gasteiger partial charge in [0.25, 0.3) is 0 Å². The fraction of sp³-hybridized carbons (Fsp3) is 0.556.